The van der Waals surface area contributed by atoms with Crippen molar-refractivity contribution in [2.45, 2.75) is 11.3 Å². The summed E-state index contributed by atoms with van der Waals surface area (Å²) in [7, 11) is 0. The maximum absolute atomic E-state index is 9.23. The predicted molar refractivity (Wildman–Crippen MR) is 96.9 cm³/mol. The monoisotopic (exact) mass is 352 g/mol. The number of hydrogen-bond donors (Lipinski definition) is 3. The highest BCUT2D eigenvalue weighted by Crippen LogP contribution is 2.34. The molecule has 0 bridgehead atoms. The fraction of sp³-hybridized carbons (Fsp3) is 0.0625. The van der Waals surface area contributed by atoms with Gasteiger partial charge in [-0.2, -0.15) is 10.4 Å². The molecule has 3 aromatic heterocycles. The number of thiazole rings is 1. The van der Waals surface area contributed by atoms with Gasteiger partial charge in [-0.25, -0.2) is 4.98 Å². The van der Waals surface area contributed by atoms with Crippen LogP contribution >= 0.6 is 23.3 Å². The maximum atomic E-state index is 9.23. The molecule has 1 aromatic carbocycles. The van der Waals surface area contributed by atoms with Gasteiger partial charge < -0.3 is 9.71 Å². The number of fused-ring (bicyclic) bond motifs is 1. The Morgan fingerprint density at radius 3 is 3.00 bits per heavy atom. The van der Waals surface area contributed by atoms with Crippen LogP contribution in [0, 0.1) is 18.3 Å². The van der Waals surface area contributed by atoms with Gasteiger partial charge in [0.1, 0.15) is 6.07 Å². The molecule has 0 aliphatic carbocycles. The third-order valence-corrected chi connectivity index (χ3v) is 5.62. The molecule has 0 radical (unpaired) electrons. The first kappa shape index (κ1) is 14.8. The average molecular weight is 352 g/mol. The average Bonchev–Trinajstić information content (AvgIpc) is 3.33. The van der Waals surface area contributed by atoms with Gasteiger partial charge in [-0.3, -0.25) is 5.10 Å². The number of aryl methyl sites for hydroxylation is 1. The molecule has 0 spiro atoms. The lowest BCUT2D eigenvalue weighted by Crippen LogP contribution is -1.89. The number of H-pyrrole nitrogens is 2. The van der Waals surface area contributed by atoms with Crippen molar-refractivity contribution in [2.75, 3.05) is 4.72 Å². The predicted octanol–water partition coefficient (Wildman–Crippen LogP) is 4.31. The van der Waals surface area contributed by atoms with Gasteiger partial charge >= 0.3 is 0 Å². The highest BCUT2D eigenvalue weighted by molar-refractivity contribution is 8.02. The van der Waals surface area contributed by atoms with Crippen LogP contribution in [0.1, 0.15) is 11.1 Å². The number of benzene rings is 1. The Balaban J connectivity index is 1.59. The molecule has 24 heavy (non-hydrogen) atoms. The minimum absolute atomic E-state index is 0.660. The number of hydrogen-bond acceptors (Lipinski definition) is 6. The number of nitrogens with one attached hydrogen (secondary N) is 3. The molecule has 0 fully saturated rings. The van der Waals surface area contributed by atoms with Crippen molar-refractivity contribution in [1.29, 1.82) is 5.26 Å². The molecule has 8 heteroatoms. The van der Waals surface area contributed by atoms with E-state index in [0.717, 1.165) is 36.9 Å². The van der Waals surface area contributed by atoms with Crippen LogP contribution in [0.5, 0.6) is 0 Å². The lowest BCUT2D eigenvalue weighted by molar-refractivity contribution is 1.09. The second-order valence-electron chi connectivity index (χ2n) is 5.18. The van der Waals surface area contributed by atoms with Gasteiger partial charge in [-0.1, -0.05) is 6.07 Å². The molecule has 6 nitrogen and oxygen atoms in total. The molecule has 3 N–H and O–H groups in total. The zero-order valence-electron chi connectivity index (χ0n) is 12.6. The Kier molecular flexibility index (Phi) is 3.72. The molecule has 0 atom stereocenters. The van der Waals surface area contributed by atoms with E-state index in [4.69, 9.17) is 0 Å². The number of aromatic amines is 2. The van der Waals surface area contributed by atoms with Crippen LogP contribution in [-0.2, 0) is 0 Å². The normalized spacial score (nSPS) is 10.8. The van der Waals surface area contributed by atoms with Gasteiger partial charge in [0.15, 0.2) is 4.34 Å². The molecule has 0 aliphatic rings. The van der Waals surface area contributed by atoms with E-state index in [9.17, 15) is 5.26 Å². The second kappa shape index (κ2) is 6.03. The van der Waals surface area contributed by atoms with Crippen molar-refractivity contribution in [3.63, 3.8) is 0 Å². The van der Waals surface area contributed by atoms with E-state index in [1.807, 2.05) is 31.5 Å². The zero-order chi connectivity index (χ0) is 16.5. The molecule has 118 valence electrons. The maximum Gasteiger partial charge on any atom is 0.171 e. The Hall–Kier alpha value is -2.76. The van der Waals surface area contributed by atoms with E-state index < -0.39 is 0 Å². The number of nitrogens with zero attached hydrogens (tertiary/aromatic N) is 3. The van der Waals surface area contributed by atoms with Crippen LogP contribution in [0.2, 0.25) is 0 Å². The van der Waals surface area contributed by atoms with Crippen LogP contribution in [-0.4, -0.2) is 20.2 Å². The Morgan fingerprint density at radius 1 is 1.29 bits per heavy atom. The summed E-state index contributed by atoms with van der Waals surface area (Å²) in [5, 5.41) is 16.9. The second-order valence-corrected chi connectivity index (χ2v) is 7.26. The summed E-state index contributed by atoms with van der Waals surface area (Å²) in [4.78, 5) is 8.67. The lowest BCUT2D eigenvalue weighted by atomic mass is 10.1. The summed E-state index contributed by atoms with van der Waals surface area (Å²) >= 11 is 3.05. The van der Waals surface area contributed by atoms with Gasteiger partial charge in [0.25, 0.3) is 0 Å². The largest absolute Gasteiger partial charge is 0.358 e. The molecule has 0 aliphatic heterocycles. The van der Waals surface area contributed by atoms with Crippen LogP contribution < -0.4 is 4.72 Å². The van der Waals surface area contributed by atoms with Crippen molar-refractivity contribution in [3.8, 4) is 16.5 Å². The first-order chi connectivity index (χ1) is 11.8. The van der Waals surface area contributed by atoms with Crippen molar-refractivity contribution < 1.29 is 0 Å². The number of aromatic nitrogens is 4. The summed E-state index contributed by atoms with van der Waals surface area (Å²) in [5.74, 6) is 0. The Bertz CT molecular complexity index is 1040. The summed E-state index contributed by atoms with van der Waals surface area (Å²) in [6.45, 7) is 2.01. The first-order valence-electron chi connectivity index (χ1n) is 7.15. The van der Waals surface area contributed by atoms with Gasteiger partial charge in [0.2, 0.25) is 0 Å². The topological polar surface area (TPSA) is 93.2 Å². The van der Waals surface area contributed by atoms with Crippen LogP contribution in [0.4, 0.5) is 5.69 Å². The molecule has 4 rings (SSSR count). The van der Waals surface area contributed by atoms with E-state index in [2.05, 4.69) is 31.0 Å². The van der Waals surface area contributed by atoms with Crippen LogP contribution in [0.15, 0.2) is 41.3 Å². The van der Waals surface area contributed by atoms with E-state index >= 15 is 0 Å². The quantitative estimate of drug-likeness (QED) is 0.476. The van der Waals surface area contributed by atoms with Gasteiger partial charge in [-0.05, 0) is 18.6 Å². The fourth-order valence-corrected chi connectivity index (χ4v) is 4.18. The summed E-state index contributed by atoms with van der Waals surface area (Å²) in [6.07, 6.45) is 7.21. The zero-order valence-corrected chi connectivity index (χ0v) is 14.3. The van der Waals surface area contributed by atoms with Gasteiger partial charge in [-0.15, -0.1) is 11.3 Å². The van der Waals surface area contributed by atoms with E-state index in [1.165, 1.54) is 11.9 Å². The lowest BCUT2D eigenvalue weighted by Gasteiger charge is -2.06. The number of nitriles is 1. The third-order valence-electron chi connectivity index (χ3n) is 3.68. The summed E-state index contributed by atoms with van der Waals surface area (Å²) in [5.41, 5.74) is 4.63. The van der Waals surface area contributed by atoms with E-state index in [0.29, 0.717) is 5.56 Å². The first-order valence-corrected chi connectivity index (χ1v) is 8.78. The molecule has 0 amide bonds. The van der Waals surface area contributed by atoms with Gasteiger partial charge in [0, 0.05) is 41.5 Å². The SMILES string of the molecule is Cc1ccc(NSc2ncc(-c3cn[nH]c3)s2)c2[nH]cc(C#N)c12. The minimum atomic E-state index is 0.660. The molecular formula is C16H12N6S2. The standard InChI is InChI=1S/C16H12N6S2/c1-9-2-3-12(15-14(9)10(4-17)5-18-15)22-24-16-19-8-13(23-16)11-6-20-21-7-11/h2-3,5-8,18,22H,1H3,(H,20,21). The molecule has 4 aromatic rings. The van der Waals surface area contributed by atoms with Crippen molar-refractivity contribution in [2.24, 2.45) is 0 Å². The Morgan fingerprint density at radius 2 is 2.21 bits per heavy atom. The Labute approximate surface area is 146 Å². The highest BCUT2D eigenvalue weighted by Gasteiger charge is 2.11. The molecule has 3 heterocycles. The van der Waals surface area contributed by atoms with E-state index in [-0.39, 0.29) is 0 Å². The fourth-order valence-electron chi connectivity index (χ4n) is 2.52. The van der Waals surface area contributed by atoms with Gasteiger partial charge in [0.05, 0.1) is 27.8 Å². The minimum Gasteiger partial charge on any atom is -0.358 e. The van der Waals surface area contributed by atoms with Crippen molar-refractivity contribution in [1.82, 2.24) is 20.2 Å². The smallest absolute Gasteiger partial charge is 0.171 e. The molecule has 0 saturated carbocycles. The summed E-state index contributed by atoms with van der Waals surface area (Å²) in [6, 6.07) is 6.25. The van der Waals surface area contributed by atoms with Crippen LogP contribution in [0.3, 0.4) is 0 Å². The van der Waals surface area contributed by atoms with Crippen LogP contribution in [0.25, 0.3) is 21.3 Å². The molecule has 0 saturated heterocycles. The van der Waals surface area contributed by atoms with E-state index in [1.54, 1.807) is 23.7 Å². The molecule has 0 unspecified atom stereocenters. The molecular weight excluding hydrogens is 340 g/mol. The third kappa shape index (κ3) is 2.54. The highest BCUT2D eigenvalue weighted by atomic mass is 32.2. The number of anilines is 1. The van der Waals surface area contributed by atoms with Crippen molar-refractivity contribution >= 4 is 39.9 Å². The summed E-state index contributed by atoms with van der Waals surface area (Å²) < 4.78 is 4.24. The van der Waals surface area contributed by atoms with Crippen molar-refractivity contribution in [3.05, 3.63) is 48.0 Å². The number of rotatable bonds is 4.